The quantitative estimate of drug-likeness (QED) is 0.819. The Bertz CT molecular complexity index is 536. The Labute approximate surface area is 126 Å². The normalized spacial score (nSPS) is 21.8. The number of hydrogen-bond acceptors (Lipinski definition) is 4. The molecule has 0 saturated heterocycles. The summed E-state index contributed by atoms with van der Waals surface area (Å²) in [5.74, 6) is -5.61. The average Bonchev–Trinajstić information content (AvgIpc) is 3.01. The van der Waals surface area contributed by atoms with Gasteiger partial charge in [-0.05, 0) is 5.56 Å². The lowest BCUT2D eigenvalue weighted by molar-refractivity contribution is -0.142. The lowest BCUT2D eigenvalue weighted by atomic mass is 10.2. The molecule has 5 nitrogen and oxygen atoms in total. The molecule has 1 aliphatic carbocycles. The van der Waals surface area contributed by atoms with Crippen molar-refractivity contribution in [3.8, 4) is 0 Å². The van der Waals surface area contributed by atoms with Gasteiger partial charge in [0.2, 0.25) is 0 Å². The van der Waals surface area contributed by atoms with Crippen LogP contribution in [-0.4, -0.2) is 31.1 Å². The largest absolute Gasteiger partial charge is 0.465 e. The topological polar surface area (TPSA) is 64.6 Å². The van der Waals surface area contributed by atoms with Gasteiger partial charge >= 0.3 is 12.1 Å². The van der Waals surface area contributed by atoms with E-state index < -0.39 is 29.8 Å². The minimum absolute atomic E-state index is 0.0740. The molecule has 2 unspecified atom stereocenters. The van der Waals surface area contributed by atoms with Crippen LogP contribution >= 0.6 is 0 Å². The van der Waals surface area contributed by atoms with Crippen molar-refractivity contribution < 1.29 is 27.8 Å². The predicted molar refractivity (Wildman–Crippen MR) is 73.2 cm³/mol. The molecule has 0 bridgehead atoms. The lowest BCUT2D eigenvalue weighted by Crippen LogP contribution is -2.27. The number of alkyl halides is 2. The van der Waals surface area contributed by atoms with Crippen LogP contribution in [0, 0.1) is 11.8 Å². The second-order valence-electron chi connectivity index (χ2n) is 5.13. The van der Waals surface area contributed by atoms with Crippen molar-refractivity contribution in [2.75, 3.05) is 13.2 Å². The Kier molecular flexibility index (Phi) is 4.95. The summed E-state index contributed by atoms with van der Waals surface area (Å²) in [6.07, 6.45) is -0.752. The van der Waals surface area contributed by atoms with E-state index in [-0.39, 0.29) is 19.8 Å². The number of rotatable bonds is 6. The first-order valence-corrected chi connectivity index (χ1v) is 6.87. The molecular formula is C15H17F2NO4. The van der Waals surface area contributed by atoms with Crippen molar-refractivity contribution in [1.82, 2.24) is 5.32 Å². The monoisotopic (exact) mass is 313 g/mol. The van der Waals surface area contributed by atoms with E-state index in [0.717, 1.165) is 12.5 Å². The van der Waals surface area contributed by atoms with Crippen molar-refractivity contribution in [3.63, 3.8) is 0 Å². The third-order valence-corrected chi connectivity index (χ3v) is 3.51. The van der Waals surface area contributed by atoms with Crippen molar-refractivity contribution in [3.05, 3.63) is 35.9 Å². The Morgan fingerprint density at radius 3 is 2.50 bits per heavy atom. The second-order valence-corrected chi connectivity index (χ2v) is 5.13. The molecule has 0 spiro atoms. The number of alkyl carbamates (subject to hydrolysis) is 1. The SMILES string of the molecule is CC(=O)OCC1C(CNC(=O)OCc2ccccc2)C1(F)F. The molecule has 120 valence electrons. The van der Waals surface area contributed by atoms with Crippen LogP contribution in [0.15, 0.2) is 30.3 Å². The molecule has 0 heterocycles. The van der Waals surface area contributed by atoms with Crippen LogP contribution in [0.3, 0.4) is 0 Å². The summed E-state index contributed by atoms with van der Waals surface area (Å²) in [4.78, 5) is 22.1. The van der Waals surface area contributed by atoms with Crippen LogP contribution in [-0.2, 0) is 20.9 Å². The summed E-state index contributed by atoms with van der Waals surface area (Å²) in [5.41, 5.74) is 0.808. The number of nitrogens with one attached hydrogen (secondary N) is 1. The van der Waals surface area contributed by atoms with Gasteiger partial charge in [0.15, 0.2) is 0 Å². The third-order valence-electron chi connectivity index (χ3n) is 3.51. The first-order chi connectivity index (χ1) is 10.4. The van der Waals surface area contributed by atoms with E-state index >= 15 is 0 Å². The van der Waals surface area contributed by atoms with Crippen molar-refractivity contribution in [2.45, 2.75) is 19.5 Å². The summed E-state index contributed by atoms with van der Waals surface area (Å²) in [6.45, 7) is 0.680. The minimum atomic E-state index is -2.93. The molecule has 0 aromatic heterocycles. The van der Waals surface area contributed by atoms with Gasteiger partial charge in [-0.25, -0.2) is 13.6 Å². The highest BCUT2D eigenvalue weighted by molar-refractivity contribution is 5.67. The van der Waals surface area contributed by atoms with E-state index in [4.69, 9.17) is 4.74 Å². The molecule has 1 saturated carbocycles. The summed E-state index contributed by atoms with van der Waals surface area (Å²) < 4.78 is 36.4. The Hall–Kier alpha value is -2.18. The zero-order valence-electron chi connectivity index (χ0n) is 12.1. The van der Waals surface area contributed by atoms with E-state index in [9.17, 15) is 18.4 Å². The number of carbonyl (C=O) groups excluding carboxylic acids is 2. The first kappa shape index (κ1) is 16.2. The molecule has 1 amide bonds. The number of amides is 1. The van der Waals surface area contributed by atoms with Crippen LogP contribution in [0.25, 0.3) is 0 Å². The molecule has 0 aliphatic heterocycles. The van der Waals surface area contributed by atoms with E-state index in [1.165, 1.54) is 0 Å². The molecule has 1 aromatic carbocycles. The van der Waals surface area contributed by atoms with E-state index in [1.54, 1.807) is 24.3 Å². The number of esters is 1. The van der Waals surface area contributed by atoms with Gasteiger partial charge in [0, 0.05) is 13.5 Å². The lowest BCUT2D eigenvalue weighted by Gasteiger charge is -2.06. The first-order valence-electron chi connectivity index (χ1n) is 6.87. The Morgan fingerprint density at radius 1 is 1.18 bits per heavy atom. The number of benzene rings is 1. The Balaban J connectivity index is 1.69. The van der Waals surface area contributed by atoms with Gasteiger partial charge in [0.05, 0.1) is 11.8 Å². The highest BCUT2D eigenvalue weighted by Crippen LogP contribution is 2.54. The molecule has 1 aromatic rings. The molecule has 2 atom stereocenters. The van der Waals surface area contributed by atoms with Gasteiger partial charge in [0.1, 0.15) is 13.2 Å². The predicted octanol–water partition coefficient (Wildman–Crippen LogP) is 2.36. The minimum Gasteiger partial charge on any atom is -0.465 e. The van der Waals surface area contributed by atoms with E-state index in [0.29, 0.717) is 0 Å². The molecule has 22 heavy (non-hydrogen) atoms. The van der Waals surface area contributed by atoms with E-state index in [2.05, 4.69) is 10.1 Å². The van der Waals surface area contributed by atoms with Crippen LogP contribution < -0.4 is 5.32 Å². The van der Waals surface area contributed by atoms with Crippen molar-refractivity contribution in [2.24, 2.45) is 11.8 Å². The molecule has 7 heteroatoms. The second kappa shape index (κ2) is 6.72. The van der Waals surface area contributed by atoms with Crippen LogP contribution in [0.2, 0.25) is 0 Å². The number of halogens is 2. The van der Waals surface area contributed by atoms with Crippen molar-refractivity contribution >= 4 is 12.1 Å². The van der Waals surface area contributed by atoms with Crippen molar-refractivity contribution in [1.29, 1.82) is 0 Å². The summed E-state index contributed by atoms with van der Waals surface area (Å²) >= 11 is 0. The fourth-order valence-electron chi connectivity index (χ4n) is 2.14. The molecule has 0 radical (unpaired) electrons. The number of hydrogen-bond donors (Lipinski definition) is 1. The fraction of sp³-hybridized carbons (Fsp3) is 0.467. The fourth-order valence-corrected chi connectivity index (χ4v) is 2.14. The zero-order valence-corrected chi connectivity index (χ0v) is 12.1. The van der Waals surface area contributed by atoms with Crippen LogP contribution in [0.4, 0.5) is 13.6 Å². The Morgan fingerprint density at radius 2 is 1.86 bits per heavy atom. The smallest absolute Gasteiger partial charge is 0.407 e. The van der Waals surface area contributed by atoms with Gasteiger partial charge in [-0.3, -0.25) is 4.79 Å². The molecule has 2 rings (SSSR count). The van der Waals surface area contributed by atoms with E-state index in [1.807, 2.05) is 6.07 Å². The van der Waals surface area contributed by atoms with Crippen LogP contribution in [0.1, 0.15) is 12.5 Å². The van der Waals surface area contributed by atoms with Crippen LogP contribution in [0.5, 0.6) is 0 Å². The maximum Gasteiger partial charge on any atom is 0.407 e. The number of ether oxygens (including phenoxy) is 2. The molecule has 1 fully saturated rings. The maximum absolute atomic E-state index is 13.4. The summed E-state index contributed by atoms with van der Waals surface area (Å²) in [5, 5.41) is 2.31. The zero-order chi connectivity index (χ0) is 16.2. The van der Waals surface area contributed by atoms with Gasteiger partial charge < -0.3 is 14.8 Å². The number of carbonyl (C=O) groups is 2. The highest BCUT2D eigenvalue weighted by atomic mass is 19.3. The average molecular weight is 313 g/mol. The molecular weight excluding hydrogens is 296 g/mol. The highest BCUT2D eigenvalue weighted by Gasteiger charge is 2.68. The molecule has 1 aliphatic rings. The van der Waals surface area contributed by atoms with Gasteiger partial charge in [-0.2, -0.15) is 0 Å². The summed E-state index contributed by atoms with van der Waals surface area (Å²) in [7, 11) is 0. The summed E-state index contributed by atoms with van der Waals surface area (Å²) in [6, 6.07) is 9.03. The van der Waals surface area contributed by atoms with Gasteiger partial charge in [0.25, 0.3) is 5.92 Å². The van der Waals surface area contributed by atoms with Gasteiger partial charge in [-0.1, -0.05) is 30.3 Å². The standard InChI is InChI=1S/C15H17F2NO4/c1-10(19)21-9-13-12(15(13,16)17)7-18-14(20)22-8-11-5-3-2-4-6-11/h2-6,12-13H,7-9H2,1H3,(H,18,20). The maximum atomic E-state index is 13.4. The third kappa shape index (κ3) is 4.16. The van der Waals surface area contributed by atoms with Gasteiger partial charge in [-0.15, -0.1) is 0 Å². The molecule has 1 N–H and O–H groups in total.